The molecule has 1 aliphatic heterocycles. The molecule has 1 unspecified atom stereocenters. The maximum absolute atomic E-state index is 13.3. The maximum atomic E-state index is 13.3. The van der Waals surface area contributed by atoms with E-state index in [1.807, 2.05) is 31.2 Å². The van der Waals surface area contributed by atoms with Crippen LogP contribution < -0.4 is 9.64 Å². The second-order valence-corrected chi connectivity index (χ2v) is 8.94. The summed E-state index contributed by atoms with van der Waals surface area (Å²) in [6, 6.07) is 13.5. The molecule has 0 saturated carbocycles. The van der Waals surface area contributed by atoms with E-state index >= 15 is 0 Å². The highest BCUT2D eigenvalue weighted by molar-refractivity contribution is 6.51. The zero-order chi connectivity index (χ0) is 24.6. The van der Waals surface area contributed by atoms with Crippen LogP contribution in [0.15, 0.2) is 66.5 Å². The van der Waals surface area contributed by atoms with E-state index in [4.69, 9.17) is 16.3 Å². The zero-order valence-electron chi connectivity index (χ0n) is 19.4. The van der Waals surface area contributed by atoms with E-state index in [0.29, 0.717) is 22.2 Å². The molecule has 0 aliphatic carbocycles. The third-order valence-electron chi connectivity index (χ3n) is 5.93. The monoisotopic (exact) mass is 476 g/mol. The third-order valence-corrected chi connectivity index (χ3v) is 6.21. The molecule has 174 valence electrons. The van der Waals surface area contributed by atoms with Crippen molar-refractivity contribution >= 4 is 34.7 Å². The number of carbonyl (C=O) groups is 2. The molecule has 2 aromatic carbocycles. The van der Waals surface area contributed by atoms with Crippen LogP contribution in [0.4, 0.5) is 5.69 Å². The summed E-state index contributed by atoms with van der Waals surface area (Å²) in [5.74, 6) is -1.33. The normalized spacial score (nSPS) is 17.5. The van der Waals surface area contributed by atoms with Gasteiger partial charge in [0.05, 0.1) is 29.3 Å². The van der Waals surface area contributed by atoms with Gasteiger partial charge in [-0.2, -0.15) is 0 Å². The fourth-order valence-corrected chi connectivity index (χ4v) is 4.58. The molecule has 0 bridgehead atoms. The summed E-state index contributed by atoms with van der Waals surface area (Å²) >= 11 is 6.34. The maximum Gasteiger partial charge on any atom is 0.300 e. The lowest BCUT2D eigenvalue weighted by Gasteiger charge is -2.25. The number of aryl methyl sites for hydroxylation is 1. The first-order chi connectivity index (χ1) is 16.2. The summed E-state index contributed by atoms with van der Waals surface area (Å²) in [4.78, 5) is 32.2. The lowest BCUT2D eigenvalue weighted by atomic mass is 9.95. The predicted molar refractivity (Wildman–Crippen MR) is 132 cm³/mol. The first-order valence-corrected chi connectivity index (χ1v) is 11.3. The van der Waals surface area contributed by atoms with Crippen molar-refractivity contribution < 1.29 is 19.4 Å². The molecule has 7 heteroatoms. The Labute approximate surface area is 203 Å². The van der Waals surface area contributed by atoms with Crippen molar-refractivity contribution in [1.29, 1.82) is 0 Å². The van der Waals surface area contributed by atoms with E-state index < -0.39 is 17.7 Å². The average molecular weight is 477 g/mol. The van der Waals surface area contributed by atoms with Gasteiger partial charge in [0.15, 0.2) is 0 Å². The quantitative estimate of drug-likeness (QED) is 0.286. The van der Waals surface area contributed by atoms with Crippen LogP contribution in [0.5, 0.6) is 5.75 Å². The van der Waals surface area contributed by atoms with Crippen LogP contribution in [0.1, 0.15) is 48.1 Å². The van der Waals surface area contributed by atoms with Gasteiger partial charge in [-0.3, -0.25) is 19.5 Å². The molecule has 4 rings (SSSR count). The van der Waals surface area contributed by atoms with Crippen LogP contribution in [0.2, 0.25) is 5.02 Å². The van der Waals surface area contributed by atoms with Crippen molar-refractivity contribution in [2.75, 3.05) is 12.0 Å². The van der Waals surface area contributed by atoms with Gasteiger partial charge in [0.1, 0.15) is 11.5 Å². The minimum absolute atomic E-state index is 0.0501. The second-order valence-electron chi connectivity index (χ2n) is 8.53. The highest BCUT2D eigenvalue weighted by Gasteiger charge is 2.47. The Hall–Kier alpha value is -3.64. The van der Waals surface area contributed by atoms with E-state index in [0.717, 1.165) is 11.1 Å². The molecule has 3 aromatic rings. The molecule has 6 nitrogen and oxygen atoms in total. The Morgan fingerprint density at radius 1 is 1.15 bits per heavy atom. The molecular formula is C27H25ClN2O4. The van der Waals surface area contributed by atoms with Gasteiger partial charge in [-0.25, -0.2) is 0 Å². The number of ketones is 1. The molecule has 1 atom stereocenters. The number of halogens is 1. The number of aromatic nitrogens is 1. The molecule has 34 heavy (non-hydrogen) atoms. The summed E-state index contributed by atoms with van der Waals surface area (Å²) in [6.07, 6.45) is 3.19. The number of aliphatic hydroxyl groups excluding tert-OH is 1. The molecule has 1 fully saturated rings. The van der Waals surface area contributed by atoms with Gasteiger partial charge < -0.3 is 9.84 Å². The lowest BCUT2D eigenvalue weighted by molar-refractivity contribution is -0.132. The zero-order valence-corrected chi connectivity index (χ0v) is 20.1. The third kappa shape index (κ3) is 4.05. The van der Waals surface area contributed by atoms with E-state index in [1.165, 1.54) is 12.0 Å². The minimum atomic E-state index is -0.873. The fourth-order valence-electron chi connectivity index (χ4n) is 4.23. The molecule has 1 amide bonds. The van der Waals surface area contributed by atoms with Crippen LogP contribution in [-0.2, 0) is 9.59 Å². The Morgan fingerprint density at radius 2 is 1.85 bits per heavy atom. The molecule has 1 N–H and O–H groups in total. The van der Waals surface area contributed by atoms with Gasteiger partial charge in [0.25, 0.3) is 11.7 Å². The van der Waals surface area contributed by atoms with Crippen molar-refractivity contribution in [2.45, 2.75) is 32.7 Å². The number of hydrogen-bond donors (Lipinski definition) is 1. The SMILES string of the molecule is COc1c(Cl)cc(C)cc1/C(O)=C1\C(=O)C(=O)N(c2ccc(C(C)C)cc2)C1c1cccnc1. The Morgan fingerprint density at radius 3 is 2.44 bits per heavy atom. The number of amides is 1. The van der Waals surface area contributed by atoms with Crippen molar-refractivity contribution in [3.05, 3.63) is 93.8 Å². The van der Waals surface area contributed by atoms with Gasteiger partial charge in [-0.1, -0.05) is 43.6 Å². The molecule has 0 spiro atoms. The van der Waals surface area contributed by atoms with E-state index in [2.05, 4.69) is 18.8 Å². The van der Waals surface area contributed by atoms with Crippen LogP contribution in [0.3, 0.4) is 0 Å². The largest absolute Gasteiger partial charge is 0.507 e. The summed E-state index contributed by atoms with van der Waals surface area (Å²) < 4.78 is 5.41. The first kappa shape index (κ1) is 23.5. The van der Waals surface area contributed by atoms with Crippen molar-refractivity contribution in [3.63, 3.8) is 0 Å². The fraction of sp³-hybridized carbons (Fsp3) is 0.222. The highest BCUT2D eigenvalue weighted by Crippen LogP contribution is 2.44. The van der Waals surface area contributed by atoms with E-state index in [1.54, 1.807) is 36.7 Å². The Kier molecular flexibility index (Phi) is 6.44. The number of rotatable bonds is 5. The minimum Gasteiger partial charge on any atom is -0.507 e. The van der Waals surface area contributed by atoms with Crippen molar-refractivity contribution in [1.82, 2.24) is 4.98 Å². The second kappa shape index (κ2) is 9.31. The van der Waals surface area contributed by atoms with E-state index in [9.17, 15) is 14.7 Å². The molecular weight excluding hydrogens is 452 g/mol. The number of benzene rings is 2. The molecule has 1 saturated heterocycles. The number of aliphatic hydroxyl groups is 1. The number of methoxy groups -OCH3 is 1. The topological polar surface area (TPSA) is 79.7 Å². The number of Topliss-reactive ketones (excluding diaryl/α,β-unsaturated/α-hetero) is 1. The van der Waals surface area contributed by atoms with Crippen LogP contribution in [0.25, 0.3) is 5.76 Å². The smallest absolute Gasteiger partial charge is 0.300 e. The van der Waals surface area contributed by atoms with Gasteiger partial charge in [-0.05, 0) is 59.9 Å². The summed E-state index contributed by atoms with van der Waals surface area (Å²) in [5, 5.41) is 11.7. The summed E-state index contributed by atoms with van der Waals surface area (Å²) in [7, 11) is 1.43. The van der Waals surface area contributed by atoms with Crippen LogP contribution >= 0.6 is 11.6 Å². The highest BCUT2D eigenvalue weighted by atomic mass is 35.5. The molecule has 1 aliphatic rings. The lowest BCUT2D eigenvalue weighted by Crippen LogP contribution is -2.29. The van der Waals surface area contributed by atoms with Gasteiger partial charge in [0.2, 0.25) is 0 Å². The van der Waals surface area contributed by atoms with E-state index in [-0.39, 0.29) is 22.6 Å². The van der Waals surface area contributed by atoms with Crippen LogP contribution in [0, 0.1) is 6.92 Å². The van der Waals surface area contributed by atoms with Crippen molar-refractivity contribution in [2.24, 2.45) is 0 Å². The number of nitrogens with zero attached hydrogens (tertiary/aromatic N) is 2. The molecule has 0 radical (unpaired) electrons. The number of ether oxygens (including phenoxy) is 1. The van der Waals surface area contributed by atoms with Gasteiger partial charge in [-0.15, -0.1) is 0 Å². The standard InChI is InChI=1S/C27H25ClN2O4/c1-15(2)17-7-9-19(10-8-17)30-23(18-6-5-11-29-14-18)22(25(32)27(30)33)24(31)20-12-16(3)13-21(28)26(20)34-4/h5-15,23,31H,1-4H3/b24-22+. The summed E-state index contributed by atoms with van der Waals surface area (Å²) in [6.45, 7) is 5.98. The average Bonchev–Trinajstić information content (AvgIpc) is 3.09. The van der Waals surface area contributed by atoms with Gasteiger partial charge in [0, 0.05) is 18.1 Å². The Bertz CT molecular complexity index is 1280. The summed E-state index contributed by atoms with van der Waals surface area (Å²) in [5.41, 5.74) is 3.21. The number of pyridine rings is 1. The van der Waals surface area contributed by atoms with Crippen LogP contribution in [-0.4, -0.2) is 28.9 Å². The Balaban J connectivity index is 1.96. The predicted octanol–water partition coefficient (Wildman–Crippen LogP) is 5.80. The van der Waals surface area contributed by atoms with Gasteiger partial charge >= 0.3 is 0 Å². The molecule has 1 aromatic heterocycles. The molecule has 2 heterocycles. The number of carbonyl (C=O) groups excluding carboxylic acids is 2. The number of anilines is 1. The van der Waals surface area contributed by atoms with Crippen molar-refractivity contribution in [3.8, 4) is 5.75 Å². The first-order valence-electron chi connectivity index (χ1n) is 10.9. The number of hydrogen-bond acceptors (Lipinski definition) is 5.